The van der Waals surface area contributed by atoms with E-state index in [1.807, 2.05) is 18.3 Å². The van der Waals surface area contributed by atoms with Crippen LogP contribution in [-0.2, 0) is 0 Å². The van der Waals surface area contributed by atoms with Crippen LogP contribution in [0.5, 0.6) is 0 Å². The van der Waals surface area contributed by atoms with E-state index in [1.54, 1.807) is 6.20 Å². The molecule has 1 atom stereocenters. The number of rotatable bonds is 4. The molecule has 0 aliphatic heterocycles. The fourth-order valence-corrected chi connectivity index (χ4v) is 1.38. The summed E-state index contributed by atoms with van der Waals surface area (Å²) in [5.74, 6) is 0.135. The van der Waals surface area contributed by atoms with Crippen LogP contribution in [0.25, 0.3) is 0 Å². The Hall–Kier alpha value is -0.370. The Balaban J connectivity index is 2.48. The van der Waals surface area contributed by atoms with Crippen LogP contribution < -0.4 is 0 Å². The Morgan fingerprint density at radius 1 is 1.58 bits per heavy atom. The second kappa shape index (κ2) is 5.31. The van der Waals surface area contributed by atoms with E-state index in [1.165, 1.54) is 0 Å². The first-order valence-electron chi connectivity index (χ1n) is 4.06. The molecule has 0 bridgehead atoms. The summed E-state index contributed by atoms with van der Waals surface area (Å²) in [6.45, 7) is 5.92. The SMILES string of the molecule is [CH]C(CCCBr)c1cccnc1. The van der Waals surface area contributed by atoms with Gasteiger partial charge in [0.1, 0.15) is 0 Å². The van der Waals surface area contributed by atoms with E-state index in [9.17, 15) is 0 Å². The normalized spacial score (nSPS) is 12.8. The Morgan fingerprint density at radius 3 is 3.00 bits per heavy atom. The van der Waals surface area contributed by atoms with Gasteiger partial charge < -0.3 is 0 Å². The molecular formula is C10H12BrN. The van der Waals surface area contributed by atoms with Gasteiger partial charge in [-0.15, -0.1) is 0 Å². The van der Waals surface area contributed by atoms with Crippen molar-refractivity contribution >= 4 is 15.9 Å². The van der Waals surface area contributed by atoms with Gasteiger partial charge in [0.2, 0.25) is 0 Å². The van der Waals surface area contributed by atoms with E-state index in [0.29, 0.717) is 0 Å². The van der Waals surface area contributed by atoms with Crippen LogP contribution in [0.15, 0.2) is 24.5 Å². The molecule has 12 heavy (non-hydrogen) atoms. The van der Waals surface area contributed by atoms with Gasteiger partial charge in [0.25, 0.3) is 0 Å². The van der Waals surface area contributed by atoms with Crippen LogP contribution in [-0.4, -0.2) is 10.3 Å². The van der Waals surface area contributed by atoms with Crippen LogP contribution in [0.3, 0.4) is 0 Å². The largest absolute Gasteiger partial charge is 0.264 e. The number of aromatic nitrogens is 1. The summed E-state index contributed by atoms with van der Waals surface area (Å²) in [6.07, 6.45) is 5.71. The third-order valence-corrected chi connectivity index (χ3v) is 2.32. The second-order valence-corrected chi connectivity index (χ2v) is 3.52. The smallest absolute Gasteiger partial charge is 0.0302 e. The Kier molecular flexibility index (Phi) is 4.30. The summed E-state index contributed by atoms with van der Waals surface area (Å²) >= 11 is 3.38. The summed E-state index contributed by atoms with van der Waals surface area (Å²) in [4.78, 5) is 4.02. The van der Waals surface area contributed by atoms with Gasteiger partial charge in [-0.25, -0.2) is 0 Å². The minimum atomic E-state index is 0.135. The zero-order chi connectivity index (χ0) is 8.81. The van der Waals surface area contributed by atoms with E-state index in [-0.39, 0.29) is 5.92 Å². The Bertz CT molecular complexity index is 210. The van der Waals surface area contributed by atoms with Gasteiger partial charge in [-0.1, -0.05) is 22.0 Å². The highest BCUT2D eigenvalue weighted by Crippen LogP contribution is 2.18. The molecule has 2 heteroatoms. The molecular weight excluding hydrogens is 214 g/mol. The average Bonchev–Trinajstić information content (AvgIpc) is 2.15. The lowest BCUT2D eigenvalue weighted by atomic mass is 9.98. The first-order valence-corrected chi connectivity index (χ1v) is 5.18. The standard InChI is InChI=1S/C10H12BrN/c1-9(4-2-6-11)10-5-3-7-12-8-10/h1,3,5,7-9H,2,4,6H2. The molecule has 1 nitrogen and oxygen atoms in total. The van der Waals surface area contributed by atoms with Crippen LogP contribution >= 0.6 is 15.9 Å². The first-order chi connectivity index (χ1) is 5.84. The minimum Gasteiger partial charge on any atom is -0.264 e. The summed E-state index contributed by atoms with van der Waals surface area (Å²) in [5, 5.41) is 1.01. The summed E-state index contributed by atoms with van der Waals surface area (Å²) in [7, 11) is 0. The topological polar surface area (TPSA) is 12.9 Å². The van der Waals surface area contributed by atoms with Crippen molar-refractivity contribution in [1.82, 2.24) is 4.98 Å². The number of hydrogen-bond donors (Lipinski definition) is 0. The highest BCUT2D eigenvalue weighted by molar-refractivity contribution is 9.09. The molecule has 0 spiro atoms. The fourth-order valence-electron chi connectivity index (χ4n) is 1.06. The van der Waals surface area contributed by atoms with Crippen molar-refractivity contribution < 1.29 is 0 Å². The molecule has 64 valence electrons. The third-order valence-electron chi connectivity index (χ3n) is 1.76. The average molecular weight is 226 g/mol. The number of hydrogen-bond acceptors (Lipinski definition) is 1. The van der Waals surface area contributed by atoms with E-state index in [4.69, 9.17) is 6.92 Å². The second-order valence-electron chi connectivity index (χ2n) is 2.72. The molecule has 2 radical (unpaired) electrons. The van der Waals surface area contributed by atoms with Gasteiger partial charge in [0, 0.05) is 17.7 Å². The fraction of sp³-hybridized carbons (Fsp3) is 0.400. The number of alkyl halides is 1. The highest BCUT2D eigenvalue weighted by Gasteiger charge is 2.03. The zero-order valence-electron chi connectivity index (χ0n) is 6.91. The predicted molar refractivity (Wildman–Crippen MR) is 54.3 cm³/mol. The number of pyridine rings is 1. The van der Waals surface area contributed by atoms with Gasteiger partial charge in [-0.05, 0) is 37.3 Å². The van der Waals surface area contributed by atoms with Crippen LogP contribution in [0.1, 0.15) is 24.3 Å². The van der Waals surface area contributed by atoms with Crippen molar-refractivity contribution in [2.24, 2.45) is 0 Å². The van der Waals surface area contributed by atoms with E-state index in [0.717, 1.165) is 23.7 Å². The monoisotopic (exact) mass is 225 g/mol. The van der Waals surface area contributed by atoms with Crippen molar-refractivity contribution in [3.8, 4) is 0 Å². The van der Waals surface area contributed by atoms with Crippen molar-refractivity contribution in [1.29, 1.82) is 0 Å². The maximum Gasteiger partial charge on any atom is 0.0302 e. The molecule has 0 N–H and O–H groups in total. The van der Waals surface area contributed by atoms with E-state index in [2.05, 4.69) is 20.9 Å². The quantitative estimate of drug-likeness (QED) is 0.719. The maximum absolute atomic E-state index is 5.92. The van der Waals surface area contributed by atoms with Crippen molar-refractivity contribution in [3.05, 3.63) is 37.0 Å². The van der Waals surface area contributed by atoms with Crippen LogP contribution in [0.2, 0.25) is 0 Å². The molecule has 0 aromatic carbocycles. The highest BCUT2D eigenvalue weighted by atomic mass is 79.9. The Morgan fingerprint density at radius 2 is 2.42 bits per heavy atom. The van der Waals surface area contributed by atoms with Gasteiger partial charge >= 0.3 is 0 Å². The lowest BCUT2D eigenvalue weighted by molar-refractivity contribution is 0.719. The van der Waals surface area contributed by atoms with E-state index < -0.39 is 0 Å². The van der Waals surface area contributed by atoms with E-state index >= 15 is 0 Å². The molecule has 1 aromatic heterocycles. The lowest BCUT2D eigenvalue weighted by Crippen LogP contribution is -1.94. The molecule has 1 unspecified atom stereocenters. The molecule has 1 heterocycles. The summed E-state index contributed by atoms with van der Waals surface area (Å²) < 4.78 is 0. The molecule has 0 amide bonds. The molecule has 1 aromatic rings. The molecule has 0 saturated carbocycles. The summed E-state index contributed by atoms with van der Waals surface area (Å²) in [5.41, 5.74) is 1.12. The van der Waals surface area contributed by atoms with Crippen molar-refractivity contribution in [3.63, 3.8) is 0 Å². The number of nitrogens with zero attached hydrogens (tertiary/aromatic N) is 1. The van der Waals surface area contributed by atoms with Gasteiger partial charge in [-0.3, -0.25) is 4.98 Å². The van der Waals surface area contributed by atoms with Crippen LogP contribution in [0.4, 0.5) is 0 Å². The first kappa shape index (κ1) is 9.72. The van der Waals surface area contributed by atoms with Crippen LogP contribution in [0, 0.1) is 6.92 Å². The maximum atomic E-state index is 5.92. The zero-order valence-corrected chi connectivity index (χ0v) is 8.50. The minimum absolute atomic E-state index is 0.135. The van der Waals surface area contributed by atoms with Gasteiger partial charge in [0.05, 0.1) is 0 Å². The molecule has 0 saturated heterocycles. The summed E-state index contributed by atoms with van der Waals surface area (Å²) in [6, 6.07) is 3.94. The molecule has 0 aliphatic rings. The lowest BCUT2D eigenvalue weighted by Gasteiger charge is -2.08. The number of halogens is 1. The van der Waals surface area contributed by atoms with Crippen molar-refractivity contribution in [2.75, 3.05) is 5.33 Å². The predicted octanol–water partition coefficient (Wildman–Crippen LogP) is 3.05. The van der Waals surface area contributed by atoms with Gasteiger partial charge in [0.15, 0.2) is 0 Å². The van der Waals surface area contributed by atoms with Crippen molar-refractivity contribution in [2.45, 2.75) is 18.8 Å². The van der Waals surface area contributed by atoms with Gasteiger partial charge in [-0.2, -0.15) is 0 Å². The third kappa shape index (κ3) is 2.94. The molecule has 1 rings (SSSR count). The molecule has 0 fully saturated rings. The Labute approximate surface area is 82.3 Å². The molecule has 0 aliphatic carbocycles.